The molecule has 1 heterocycles. The van der Waals surface area contributed by atoms with Gasteiger partial charge >= 0.3 is 10.5 Å². The normalized spacial score (nSPS) is 11.9. The maximum absolute atomic E-state index is 14.8. The lowest BCUT2D eigenvalue weighted by Gasteiger charge is -2.11. The molecule has 2 aromatic carbocycles. The lowest BCUT2D eigenvalue weighted by Crippen LogP contribution is -2.11. The van der Waals surface area contributed by atoms with E-state index in [1.807, 2.05) is 4.72 Å². The van der Waals surface area contributed by atoms with Crippen molar-refractivity contribution in [2.45, 2.75) is 6.61 Å². The summed E-state index contributed by atoms with van der Waals surface area (Å²) in [5, 5.41) is 3.77. The zero-order chi connectivity index (χ0) is 22.8. The summed E-state index contributed by atoms with van der Waals surface area (Å²) in [6.45, 7) is -0.559. The van der Waals surface area contributed by atoms with Crippen molar-refractivity contribution >= 4 is 26.5 Å². The van der Waals surface area contributed by atoms with Crippen molar-refractivity contribution in [1.82, 2.24) is 14.8 Å². The van der Waals surface area contributed by atoms with Crippen LogP contribution in [-0.4, -0.2) is 37.9 Å². The Kier molecular flexibility index (Phi) is 6.08. The Morgan fingerprint density at radius 3 is 2.29 bits per heavy atom. The van der Waals surface area contributed by atoms with E-state index in [9.17, 15) is 29.5 Å². The van der Waals surface area contributed by atoms with Gasteiger partial charge in [-0.25, -0.2) is 21.9 Å². The minimum Gasteiger partial charge on any atom is -0.489 e. The van der Waals surface area contributed by atoms with Gasteiger partial charge in [-0.2, -0.15) is 13.4 Å². The van der Waals surface area contributed by atoms with Crippen molar-refractivity contribution in [3.63, 3.8) is 0 Å². The van der Waals surface area contributed by atoms with E-state index in [1.165, 1.54) is 12.1 Å². The molecule has 0 saturated heterocycles. The summed E-state index contributed by atoms with van der Waals surface area (Å²) in [7, 11) is -8.84. The van der Waals surface area contributed by atoms with Crippen molar-refractivity contribution in [1.29, 1.82) is 0 Å². The van der Waals surface area contributed by atoms with Gasteiger partial charge < -0.3 is 8.92 Å². The average Bonchev–Trinajstić information content (AvgIpc) is 3.08. The lowest BCUT2D eigenvalue weighted by atomic mass is 10.2. The van der Waals surface area contributed by atoms with Crippen LogP contribution >= 0.6 is 0 Å². The summed E-state index contributed by atoms with van der Waals surface area (Å²) in [6, 6.07) is 6.63. The number of hydrogen-bond acceptors (Lipinski definition) is 8. The first kappa shape index (κ1) is 22.4. The van der Waals surface area contributed by atoms with Gasteiger partial charge in [-0.1, -0.05) is 3.89 Å². The highest BCUT2D eigenvalue weighted by molar-refractivity contribution is 7.92. The van der Waals surface area contributed by atoms with Crippen LogP contribution in [0.5, 0.6) is 11.5 Å². The van der Waals surface area contributed by atoms with Gasteiger partial charge in [0, 0.05) is 0 Å². The average molecular weight is 478 g/mol. The first-order valence-corrected chi connectivity index (χ1v) is 11.3. The third-order valence-corrected chi connectivity index (χ3v) is 4.53. The van der Waals surface area contributed by atoms with Crippen LogP contribution in [0, 0.1) is 11.6 Å². The first-order chi connectivity index (χ1) is 14.4. The maximum atomic E-state index is 14.8. The van der Waals surface area contributed by atoms with E-state index in [2.05, 4.69) is 14.3 Å². The zero-order valence-corrected chi connectivity index (χ0v) is 17.1. The van der Waals surface area contributed by atoms with Crippen molar-refractivity contribution in [3.05, 3.63) is 59.9 Å². The number of ether oxygens (including phenoxy) is 1. The molecule has 0 bridgehead atoms. The monoisotopic (exact) mass is 478 g/mol. The molecule has 15 heteroatoms. The molecule has 0 aliphatic carbocycles. The molecule has 1 N–H and O–H groups in total. The number of aromatic nitrogens is 3. The molecule has 0 unspecified atom stereocenters. The lowest BCUT2D eigenvalue weighted by molar-refractivity contribution is 0.292. The van der Waals surface area contributed by atoms with Crippen LogP contribution in [0.4, 0.5) is 18.6 Å². The summed E-state index contributed by atoms with van der Waals surface area (Å²) in [6.07, 6.45) is 1.92. The summed E-state index contributed by atoms with van der Waals surface area (Å²) in [4.78, 5) is 3.69. The maximum Gasteiger partial charge on any atom is 0.488 e. The standard InChI is InChI=1S/C16H13F3N4O6S2/c1-30(24,25)22-16-20-9-23(21-16)14-7-6-13(17)12(15(14)18)8-28-10-2-4-11(5-3-10)29-31(19,26)27/h2-7,9H,8H2,1H3,(H,21,22). The van der Waals surface area contributed by atoms with Gasteiger partial charge in [-0.05, 0) is 36.4 Å². The fourth-order valence-electron chi connectivity index (χ4n) is 2.35. The molecule has 1 aromatic heterocycles. The topological polar surface area (TPSA) is 129 Å². The van der Waals surface area contributed by atoms with E-state index in [0.29, 0.717) is 0 Å². The summed E-state index contributed by atoms with van der Waals surface area (Å²) >= 11 is 0. The molecule has 0 spiro atoms. The predicted molar refractivity (Wildman–Crippen MR) is 101 cm³/mol. The van der Waals surface area contributed by atoms with E-state index < -0.39 is 44.3 Å². The molecule has 166 valence electrons. The fraction of sp³-hybridized carbons (Fsp3) is 0.125. The van der Waals surface area contributed by atoms with E-state index in [4.69, 9.17) is 4.74 Å². The van der Waals surface area contributed by atoms with Crippen LogP contribution < -0.4 is 13.6 Å². The Hall–Kier alpha value is -3.33. The molecule has 0 atom stereocenters. The van der Waals surface area contributed by atoms with E-state index in [1.54, 1.807) is 0 Å². The molecule has 0 saturated carbocycles. The Bertz CT molecular complexity index is 1310. The van der Waals surface area contributed by atoms with Crippen LogP contribution in [0.25, 0.3) is 5.69 Å². The minimum atomic E-state index is -5.19. The molecule has 0 aliphatic rings. The van der Waals surface area contributed by atoms with Crippen LogP contribution in [0.1, 0.15) is 5.56 Å². The van der Waals surface area contributed by atoms with Crippen molar-refractivity contribution in [2.24, 2.45) is 0 Å². The predicted octanol–water partition coefficient (Wildman–Crippen LogP) is 2.09. The van der Waals surface area contributed by atoms with Crippen molar-refractivity contribution in [3.8, 4) is 17.2 Å². The molecular formula is C16H13F3N4O6S2. The Labute approximate surface area is 174 Å². The SMILES string of the molecule is CS(=O)(=O)Nc1ncn(-c2ccc(F)c(COc3ccc(OS(=O)(=O)F)cc3)c2F)n1. The van der Waals surface area contributed by atoms with Gasteiger partial charge in [0.05, 0.1) is 11.8 Å². The molecule has 0 fully saturated rings. The highest BCUT2D eigenvalue weighted by Crippen LogP contribution is 2.24. The first-order valence-electron chi connectivity index (χ1n) is 8.15. The summed E-state index contributed by atoms with van der Waals surface area (Å²) in [5.41, 5.74) is -0.678. The molecule has 0 amide bonds. The largest absolute Gasteiger partial charge is 0.489 e. The van der Waals surface area contributed by atoms with Crippen LogP contribution in [0.2, 0.25) is 0 Å². The Morgan fingerprint density at radius 1 is 1.03 bits per heavy atom. The molecule has 0 aliphatic heterocycles. The van der Waals surface area contributed by atoms with Gasteiger partial charge in [-0.3, -0.25) is 4.72 Å². The number of benzene rings is 2. The van der Waals surface area contributed by atoms with E-state index in [-0.39, 0.29) is 23.1 Å². The molecule has 31 heavy (non-hydrogen) atoms. The van der Waals surface area contributed by atoms with Crippen LogP contribution in [0.3, 0.4) is 0 Å². The Balaban J connectivity index is 1.78. The van der Waals surface area contributed by atoms with Crippen LogP contribution in [0.15, 0.2) is 42.7 Å². The van der Waals surface area contributed by atoms with Crippen molar-refractivity contribution < 1.29 is 38.4 Å². The number of halogens is 3. The highest BCUT2D eigenvalue weighted by Gasteiger charge is 2.18. The highest BCUT2D eigenvalue weighted by atomic mass is 32.3. The second kappa shape index (κ2) is 8.43. The van der Waals surface area contributed by atoms with Crippen molar-refractivity contribution in [2.75, 3.05) is 11.0 Å². The van der Waals surface area contributed by atoms with Gasteiger partial charge in [0.25, 0.3) is 5.95 Å². The number of rotatable bonds is 8. The second-order valence-electron chi connectivity index (χ2n) is 5.98. The third kappa shape index (κ3) is 6.08. The zero-order valence-electron chi connectivity index (χ0n) is 15.5. The second-order valence-corrected chi connectivity index (χ2v) is 8.68. The summed E-state index contributed by atoms with van der Waals surface area (Å²) < 4.78 is 97.0. The fourth-order valence-corrected chi connectivity index (χ4v) is 3.11. The molecule has 3 aromatic rings. The number of nitrogens with zero attached hydrogens (tertiary/aromatic N) is 3. The van der Waals surface area contributed by atoms with E-state index >= 15 is 0 Å². The summed E-state index contributed by atoms with van der Waals surface area (Å²) in [5.74, 6) is -2.48. The number of sulfonamides is 1. The number of hydrogen-bond donors (Lipinski definition) is 1. The smallest absolute Gasteiger partial charge is 0.488 e. The van der Waals surface area contributed by atoms with Gasteiger partial charge in [0.1, 0.15) is 35.9 Å². The molecular weight excluding hydrogens is 465 g/mol. The number of nitrogens with one attached hydrogen (secondary N) is 1. The third-order valence-electron chi connectivity index (χ3n) is 3.58. The molecule has 0 radical (unpaired) electrons. The Morgan fingerprint density at radius 2 is 1.68 bits per heavy atom. The number of anilines is 1. The van der Waals surface area contributed by atoms with Gasteiger partial charge in [0.2, 0.25) is 10.0 Å². The van der Waals surface area contributed by atoms with E-state index in [0.717, 1.165) is 41.5 Å². The van der Waals surface area contributed by atoms with Crippen LogP contribution in [-0.2, 0) is 27.1 Å². The van der Waals surface area contributed by atoms with Gasteiger partial charge in [0.15, 0.2) is 5.82 Å². The minimum absolute atomic E-state index is 0.0909. The van der Waals surface area contributed by atoms with Gasteiger partial charge in [-0.15, -0.1) is 5.10 Å². The molecule has 10 nitrogen and oxygen atoms in total. The quantitative estimate of drug-likeness (QED) is 0.487. The molecule has 3 rings (SSSR count).